The summed E-state index contributed by atoms with van der Waals surface area (Å²) in [6.45, 7) is 0. The molecule has 1 fully saturated rings. The lowest BCUT2D eigenvalue weighted by Gasteiger charge is -2.28. The summed E-state index contributed by atoms with van der Waals surface area (Å²) in [7, 11) is 3.48. The second kappa shape index (κ2) is 3.94. The van der Waals surface area contributed by atoms with Gasteiger partial charge in [0.15, 0.2) is 0 Å². The van der Waals surface area contributed by atoms with Crippen LogP contribution in [0.4, 0.5) is 0 Å². The Labute approximate surface area is 62.5 Å². The van der Waals surface area contributed by atoms with Gasteiger partial charge in [0.2, 0.25) is 0 Å². The van der Waals surface area contributed by atoms with Crippen LogP contribution in [0.2, 0.25) is 0 Å². The molecule has 0 aromatic rings. The average molecular weight is 143 g/mol. The smallest absolute Gasteiger partial charge is 0.0864 e. The zero-order chi connectivity index (χ0) is 7.40. The topological polar surface area (TPSA) is 18.5 Å². The van der Waals surface area contributed by atoms with Gasteiger partial charge in [-0.3, -0.25) is 0 Å². The van der Waals surface area contributed by atoms with E-state index in [1.807, 2.05) is 0 Å². The van der Waals surface area contributed by atoms with Crippen molar-refractivity contribution in [3.05, 3.63) is 6.42 Å². The second-order valence-electron chi connectivity index (χ2n) is 2.64. The summed E-state index contributed by atoms with van der Waals surface area (Å²) in [6.07, 6.45) is 6.23. The van der Waals surface area contributed by atoms with E-state index in [9.17, 15) is 0 Å². The number of methoxy groups -OCH3 is 2. The van der Waals surface area contributed by atoms with Crippen LogP contribution >= 0.6 is 0 Å². The summed E-state index contributed by atoms with van der Waals surface area (Å²) < 4.78 is 10.5. The Balaban J connectivity index is 2.34. The quantitative estimate of drug-likeness (QED) is 0.581. The molecule has 2 heteroatoms. The molecule has 0 heterocycles. The molecule has 2 nitrogen and oxygen atoms in total. The number of rotatable bonds is 2. The van der Waals surface area contributed by atoms with Crippen molar-refractivity contribution >= 4 is 0 Å². The molecule has 0 bridgehead atoms. The largest absolute Gasteiger partial charge is 0.379 e. The standard InChI is InChI=1S/C8H15O2/c1-9-7-5-3-4-6-8(7)10-2/h5,7-8H,3-4,6H2,1-2H3. The minimum atomic E-state index is 0.221. The molecule has 2 unspecified atom stereocenters. The van der Waals surface area contributed by atoms with Gasteiger partial charge in [0.05, 0.1) is 12.2 Å². The van der Waals surface area contributed by atoms with E-state index in [0.29, 0.717) is 6.10 Å². The Morgan fingerprint density at radius 2 is 2.10 bits per heavy atom. The third kappa shape index (κ3) is 1.70. The molecule has 0 amide bonds. The van der Waals surface area contributed by atoms with Gasteiger partial charge in [0.25, 0.3) is 0 Å². The van der Waals surface area contributed by atoms with E-state index in [2.05, 4.69) is 6.42 Å². The number of ether oxygens (including phenoxy) is 2. The van der Waals surface area contributed by atoms with Crippen LogP contribution in [-0.2, 0) is 9.47 Å². The maximum absolute atomic E-state index is 5.24. The van der Waals surface area contributed by atoms with Gasteiger partial charge in [0, 0.05) is 14.2 Å². The molecule has 0 aliphatic heterocycles. The average Bonchev–Trinajstić information content (AvgIpc) is 2.04. The summed E-state index contributed by atoms with van der Waals surface area (Å²) in [5.74, 6) is 0. The van der Waals surface area contributed by atoms with Crippen molar-refractivity contribution in [2.45, 2.75) is 31.5 Å². The van der Waals surface area contributed by atoms with Crippen LogP contribution in [0, 0.1) is 6.42 Å². The van der Waals surface area contributed by atoms with E-state index >= 15 is 0 Å². The maximum atomic E-state index is 5.24. The first kappa shape index (κ1) is 8.02. The highest BCUT2D eigenvalue weighted by Gasteiger charge is 2.24. The Bertz CT molecular complexity index is 81.3. The van der Waals surface area contributed by atoms with E-state index in [0.717, 1.165) is 6.42 Å². The number of hydrogen-bond donors (Lipinski definition) is 0. The van der Waals surface area contributed by atoms with Gasteiger partial charge < -0.3 is 9.47 Å². The lowest BCUT2D eigenvalue weighted by atomic mass is 9.95. The predicted molar refractivity (Wildman–Crippen MR) is 39.7 cm³/mol. The molecule has 1 radical (unpaired) electrons. The summed E-state index contributed by atoms with van der Waals surface area (Å²) in [5, 5.41) is 0. The highest BCUT2D eigenvalue weighted by molar-refractivity contribution is 4.88. The lowest BCUT2D eigenvalue weighted by Crippen LogP contribution is -2.33. The molecule has 0 aromatic carbocycles. The molecule has 59 valence electrons. The maximum Gasteiger partial charge on any atom is 0.0864 e. The fraction of sp³-hybridized carbons (Fsp3) is 0.875. The SMILES string of the molecule is COC1[CH]CCCC1OC. The van der Waals surface area contributed by atoms with E-state index in [1.54, 1.807) is 14.2 Å². The summed E-state index contributed by atoms with van der Waals surface area (Å²) in [6, 6.07) is 0. The van der Waals surface area contributed by atoms with Crippen LogP contribution in [0.15, 0.2) is 0 Å². The van der Waals surface area contributed by atoms with Crippen LogP contribution in [0.25, 0.3) is 0 Å². The minimum absolute atomic E-state index is 0.221. The van der Waals surface area contributed by atoms with E-state index in [4.69, 9.17) is 9.47 Å². The van der Waals surface area contributed by atoms with Crippen molar-refractivity contribution < 1.29 is 9.47 Å². The molecule has 1 aliphatic carbocycles. The molecule has 0 N–H and O–H groups in total. The zero-order valence-electron chi connectivity index (χ0n) is 6.67. The van der Waals surface area contributed by atoms with Gasteiger partial charge >= 0.3 is 0 Å². The van der Waals surface area contributed by atoms with Crippen molar-refractivity contribution in [3.8, 4) is 0 Å². The second-order valence-corrected chi connectivity index (χ2v) is 2.64. The Kier molecular flexibility index (Phi) is 3.16. The summed E-state index contributed by atoms with van der Waals surface area (Å²) in [4.78, 5) is 0. The van der Waals surface area contributed by atoms with Crippen LogP contribution < -0.4 is 0 Å². The highest BCUT2D eigenvalue weighted by atomic mass is 16.5. The van der Waals surface area contributed by atoms with Gasteiger partial charge in [-0.05, 0) is 19.3 Å². The molecule has 10 heavy (non-hydrogen) atoms. The Morgan fingerprint density at radius 3 is 2.60 bits per heavy atom. The van der Waals surface area contributed by atoms with Gasteiger partial charge in [-0.1, -0.05) is 6.42 Å². The molecular formula is C8H15O2. The van der Waals surface area contributed by atoms with Gasteiger partial charge in [-0.2, -0.15) is 0 Å². The van der Waals surface area contributed by atoms with Crippen molar-refractivity contribution in [3.63, 3.8) is 0 Å². The van der Waals surface area contributed by atoms with Gasteiger partial charge in [-0.15, -0.1) is 0 Å². The first-order valence-corrected chi connectivity index (χ1v) is 3.77. The van der Waals surface area contributed by atoms with Gasteiger partial charge in [-0.25, -0.2) is 0 Å². The van der Waals surface area contributed by atoms with Crippen LogP contribution in [0.5, 0.6) is 0 Å². The number of hydrogen-bond acceptors (Lipinski definition) is 2. The van der Waals surface area contributed by atoms with Crippen molar-refractivity contribution in [2.75, 3.05) is 14.2 Å². The first-order valence-electron chi connectivity index (χ1n) is 3.77. The molecular weight excluding hydrogens is 128 g/mol. The van der Waals surface area contributed by atoms with Crippen LogP contribution in [0.3, 0.4) is 0 Å². The molecule has 0 spiro atoms. The fourth-order valence-electron chi connectivity index (χ4n) is 1.42. The van der Waals surface area contributed by atoms with Gasteiger partial charge in [0.1, 0.15) is 0 Å². The lowest BCUT2D eigenvalue weighted by molar-refractivity contribution is -0.0350. The first-order chi connectivity index (χ1) is 4.88. The highest BCUT2D eigenvalue weighted by Crippen LogP contribution is 2.21. The summed E-state index contributed by atoms with van der Waals surface area (Å²) in [5.41, 5.74) is 0. The normalized spacial score (nSPS) is 34.2. The van der Waals surface area contributed by atoms with Crippen molar-refractivity contribution in [1.82, 2.24) is 0 Å². The Morgan fingerprint density at radius 1 is 1.30 bits per heavy atom. The molecule has 0 aromatic heterocycles. The fourth-order valence-corrected chi connectivity index (χ4v) is 1.42. The third-order valence-corrected chi connectivity index (χ3v) is 2.03. The summed E-state index contributed by atoms with van der Waals surface area (Å²) >= 11 is 0. The molecule has 1 rings (SSSR count). The molecule has 2 atom stereocenters. The van der Waals surface area contributed by atoms with Crippen molar-refractivity contribution in [2.24, 2.45) is 0 Å². The van der Waals surface area contributed by atoms with Crippen LogP contribution in [-0.4, -0.2) is 26.4 Å². The zero-order valence-corrected chi connectivity index (χ0v) is 6.67. The predicted octanol–water partition coefficient (Wildman–Crippen LogP) is 1.40. The monoisotopic (exact) mass is 143 g/mol. The molecule has 1 aliphatic rings. The van der Waals surface area contributed by atoms with E-state index in [1.165, 1.54) is 12.8 Å². The van der Waals surface area contributed by atoms with E-state index in [-0.39, 0.29) is 6.10 Å². The molecule has 0 saturated heterocycles. The third-order valence-electron chi connectivity index (χ3n) is 2.03. The van der Waals surface area contributed by atoms with Crippen LogP contribution in [0.1, 0.15) is 19.3 Å². The Hall–Kier alpha value is -0.0800. The van der Waals surface area contributed by atoms with Crippen molar-refractivity contribution in [1.29, 1.82) is 0 Å². The minimum Gasteiger partial charge on any atom is -0.379 e. The van der Waals surface area contributed by atoms with E-state index < -0.39 is 0 Å². The molecule has 1 saturated carbocycles.